The largest absolute Gasteiger partial charge is 0.383 e. The van der Waals surface area contributed by atoms with E-state index in [0.717, 1.165) is 24.8 Å². The Morgan fingerprint density at radius 3 is 2.91 bits per heavy atom. The number of aromatic nitrogens is 1. The number of aryl methyl sites for hydroxylation is 1. The molecular formula is C15H16BrN3O2S. The van der Waals surface area contributed by atoms with Gasteiger partial charge in [-0.05, 0) is 52.4 Å². The SMILES string of the molecule is Nc1ncc(Br)cc1S(=O)(=O)NC1CCCc2ccccc21. The van der Waals surface area contributed by atoms with E-state index in [2.05, 4.69) is 25.6 Å². The Kier molecular flexibility index (Phi) is 4.20. The number of nitrogens with one attached hydrogen (secondary N) is 1. The van der Waals surface area contributed by atoms with Crippen molar-refractivity contribution in [3.63, 3.8) is 0 Å². The molecule has 3 rings (SSSR count). The summed E-state index contributed by atoms with van der Waals surface area (Å²) in [4.78, 5) is 3.90. The number of nitrogens with two attached hydrogens (primary N) is 1. The standard InChI is InChI=1S/C15H16BrN3O2S/c16-11-8-14(15(17)18-9-11)22(20,21)19-13-7-3-5-10-4-1-2-6-12(10)13/h1-2,4,6,8-9,13,19H,3,5,7H2,(H2,17,18). The lowest BCUT2D eigenvalue weighted by Crippen LogP contribution is -2.31. The summed E-state index contributed by atoms with van der Waals surface area (Å²) in [6, 6.07) is 9.18. The number of hydrogen-bond donors (Lipinski definition) is 2. The number of nitrogens with zero attached hydrogens (tertiary/aromatic N) is 1. The molecule has 5 nitrogen and oxygen atoms in total. The Morgan fingerprint density at radius 1 is 1.32 bits per heavy atom. The maximum atomic E-state index is 12.6. The first-order valence-corrected chi connectivity index (χ1v) is 9.26. The number of fused-ring (bicyclic) bond motifs is 1. The number of sulfonamides is 1. The van der Waals surface area contributed by atoms with Crippen LogP contribution < -0.4 is 10.5 Å². The summed E-state index contributed by atoms with van der Waals surface area (Å²) in [5.74, 6) is -0.000190. The number of anilines is 1. The van der Waals surface area contributed by atoms with Crippen molar-refractivity contribution in [1.29, 1.82) is 0 Å². The van der Waals surface area contributed by atoms with E-state index in [0.29, 0.717) is 4.47 Å². The number of nitrogen functional groups attached to an aromatic ring is 1. The van der Waals surface area contributed by atoms with Gasteiger partial charge in [-0.15, -0.1) is 0 Å². The van der Waals surface area contributed by atoms with Crippen LogP contribution in [0.5, 0.6) is 0 Å². The maximum absolute atomic E-state index is 12.6. The van der Waals surface area contributed by atoms with E-state index in [-0.39, 0.29) is 16.8 Å². The topological polar surface area (TPSA) is 85.1 Å². The lowest BCUT2D eigenvalue weighted by molar-refractivity contribution is 0.507. The molecule has 2 aromatic rings. The van der Waals surface area contributed by atoms with E-state index in [1.54, 1.807) is 0 Å². The Labute approximate surface area is 138 Å². The van der Waals surface area contributed by atoms with Crippen LogP contribution in [0.15, 0.2) is 45.9 Å². The molecule has 0 bridgehead atoms. The molecule has 1 unspecified atom stereocenters. The van der Waals surface area contributed by atoms with Gasteiger partial charge in [-0.25, -0.2) is 18.1 Å². The molecule has 0 spiro atoms. The van der Waals surface area contributed by atoms with Crippen molar-refractivity contribution >= 4 is 31.8 Å². The molecule has 0 fully saturated rings. The smallest absolute Gasteiger partial charge is 0.244 e. The van der Waals surface area contributed by atoms with Crippen molar-refractivity contribution in [3.05, 3.63) is 52.1 Å². The fourth-order valence-corrected chi connectivity index (χ4v) is 4.61. The van der Waals surface area contributed by atoms with E-state index in [1.807, 2.05) is 24.3 Å². The van der Waals surface area contributed by atoms with Crippen molar-refractivity contribution in [2.24, 2.45) is 0 Å². The molecule has 0 saturated carbocycles. The van der Waals surface area contributed by atoms with Crippen LogP contribution in [0.2, 0.25) is 0 Å². The zero-order valence-corrected chi connectivity index (χ0v) is 14.2. The summed E-state index contributed by atoms with van der Waals surface area (Å²) in [7, 11) is -3.72. The Bertz CT molecular complexity index is 808. The summed E-state index contributed by atoms with van der Waals surface area (Å²) in [6.45, 7) is 0. The summed E-state index contributed by atoms with van der Waals surface area (Å²) < 4.78 is 28.6. The maximum Gasteiger partial charge on any atom is 0.244 e. The lowest BCUT2D eigenvalue weighted by Gasteiger charge is -2.26. The van der Waals surface area contributed by atoms with Crippen LogP contribution in [0.3, 0.4) is 0 Å². The number of benzene rings is 1. The van der Waals surface area contributed by atoms with Gasteiger partial charge in [0.05, 0.1) is 0 Å². The monoisotopic (exact) mass is 381 g/mol. The third-order valence-electron chi connectivity index (χ3n) is 3.80. The van der Waals surface area contributed by atoms with Crippen molar-refractivity contribution in [1.82, 2.24) is 9.71 Å². The normalized spacial score (nSPS) is 18.0. The molecule has 3 N–H and O–H groups in total. The first-order valence-electron chi connectivity index (χ1n) is 6.98. The predicted molar refractivity (Wildman–Crippen MR) is 88.8 cm³/mol. The third-order valence-corrected chi connectivity index (χ3v) is 5.74. The molecule has 1 aromatic carbocycles. The van der Waals surface area contributed by atoms with Gasteiger partial charge in [-0.2, -0.15) is 0 Å². The van der Waals surface area contributed by atoms with E-state index in [4.69, 9.17) is 5.73 Å². The highest BCUT2D eigenvalue weighted by Crippen LogP contribution is 2.31. The minimum absolute atomic E-state index is 0.000190. The average Bonchev–Trinajstić information content (AvgIpc) is 2.50. The molecule has 1 aliphatic rings. The summed E-state index contributed by atoms with van der Waals surface area (Å²) in [6.07, 6.45) is 4.19. The Balaban J connectivity index is 1.95. The van der Waals surface area contributed by atoms with Gasteiger partial charge in [-0.3, -0.25) is 0 Å². The van der Waals surface area contributed by atoms with E-state index >= 15 is 0 Å². The number of halogens is 1. The molecule has 1 aliphatic carbocycles. The van der Waals surface area contributed by atoms with Gasteiger partial charge in [0.1, 0.15) is 10.7 Å². The second-order valence-corrected chi connectivity index (χ2v) is 7.90. The molecule has 0 amide bonds. The van der Waals surface area contributed by atoms with Crippen LogP contribution in [-0.2, 0) is 16.4 Å². The zero-order valence-electron chi connectivity index (χ0n) is 11.8. The van der Waals surface area contributed by atoms with Crippen LogP contribution in [-0.4, -0.2) is 13.4 Å². The second kappa shape index (κ2) is 5.98. The first-order chi connectivity index (χ1) is 10.5. The number of rotatable bonds is 3. The Morgan fingerprint density at radius 2 is 2.09 bits per heavy atom. The minimum atomic E-state index is -3.72. The number of hydrogen-bond acceptors (Lipinski definition) is 4. The molecule has 0 radical (unpaired) electrons. The summed E-state index contributed by atoms with van der Waals surface area (Å²) in [5, 5.41) is 0. The molecule has 1 aromatic heterocycles. The zero-order chi connectivity index (χ0) is 15.7. The van der Waals surface area contributed by atoms with E-state index in [1.165, 1.54) is 17.8 Å². The van der Waals surface area contributed by atoms with E-state index in [9.17, 15) is 8.42 Å². The quantitative estimate of drug-likeness (QED) is 0.855. The molecule has 0 saturated heterocycles. The number of pyridine rings is 1. The van der Waals surface area contributed by atoms with Crippen LogP contribution in [0.25, 0.3) is 0 Å². The van der Waals surface area contributed by atoms with Crippen LogP contribution in [0, 0.1) is 0 Å². The molecule has 1 atom stereocenters. The molecule has 7 heteroatoms. The summed E-state index contributed by atoms with van der Waals surface area (Å²) >= 11 is 3.23. The predicted octanol–water partition coefficient (Wildman–Crippen LogP) is 2.78. The Hall–Kier alpha value is -1.44. The third kappa shape index (κ3) is 3.02. The van der Waals surface area contributed by atoms with Crippen molar-refractivity contribution in [2.45, 2.75) is 30.2 Å². The van der Waals surface area contributed by atoms with Gasteiger partial charge in [0.2, 0.25) is 10.0 Å². The van der Waals surface area contributed by atoms with Gasteiger partial charge in [-0.1, -0.05) is 24.3 Å². The van der Waals surface area contributed by atoms with Crippen molar-refractivity contribution in [2.75, 3.05) is 5.73 Å². The van der Waals surface area contributed by atoms with E-state index < -0.39 is 10.0 Å². The highest BCUT2D eigenvalue weighted by Gasteiger charge is 2.27. The fraction of sp³-hybridized carbons (Fsp3) is 0.267. The summed E-state index contributed by atoms with van der Waals surface area (Å²) in [5.41, 5.74) is 7.96. The van der Waals surface area contributed by atoms with Gasteiger partial charge in [0.15, 0.2) is 0 Å². The lowest BCUT2D eigenvalue weighted by atomic mass is 9.88. The molecule has 116 valence electrons. The highest BCUT2D eigenvalue weighted by atomic mass is 79.9. The van der Waals surface area contributed by atoms with Crippen LogP contribution >= 0.6 is 15.9 Å². The molecular weight excluding hydrogens is 366 g/mol. The molecule has 22 heavy (non-hydrogen) atoms. The van der Waals surface area contributed by atoms with Gasteiger partial charge in [0.25, 0.3) is 0 Å². The molecule has 0 aliphatic heterocycles. The van der Waals surface area contributed by atoms with Gasteiger partial charge < -0.3 is 5.73 Å². The fourth-order valence-electron chi connectivity index (χ4n) is 2.77. The van der Waals surface area contributed by atoms with Crippen molar-refractivity contribution in [3.8, 4) is 0 Å². The van der Waals surface area contributed by atoms with Crippen molar-refractivity contribution < 1.29 is 8.42 Å². The van der Waals surface area contributed by atoms with Crippen LogP contribution in [0.4, 0.5) is 5.82 Å². The van der Waals surface area contributed by atoms with Crippen LogP contribution in [0.1, 0.15) is 30.0 Å². The highest BCUT2D eigenvalue weighted by molar-refractivity contribution is 9.10. The average molecular weight is 382 g/mol. The first kappa shape index (κ1) is 15.5. The minimum Gasteiger partial charge on any atom is -0.383 e. The van der Waals surface area contributed by atoms with Gasteiger partial charge in [0, 0.05) is 16.7 Å². The second-order valence-electron chi connectivity index (χ2n) is 5.30. The van der Waals surface area contributed by atoms with Gasteiger partial charge >= 0.3 is 0 Å². The molecule has 1 heterocycles.